The first-order valence-electron chi connectivity index (χ1n) is 10.1. The fourth-order valence-electron chi connectivity index (χ4n) is 3.55. The van der Waals surface area contributed by atoms with Crippen LogP contribution in [0.2, 0.25) is 0 Å². The zero-order valence-electron chi connectivity index (χ0n) is 17.6. The smallest absolute Gasteiger partial charge is 0.336 e. The maximum atomic E-state index is 12.2. The minimum absolute atomic E-state index is 0.0622. The zero-order valence-corrected chi connectivity index (χ0v) is 17.6. The molecule has 0 saturated heterocycles. The van der Waals surface area contributed by atoms with Gasteiger partial charge in [0.1, 0.15) is 0 Å². The van der Waals surface area contributed by atoms with Crippen LogP contribution in [-0.2, 0) is 0 Å². The number of nitrogens with zero attached hydrogens (tertiary/aromatic N) is 2. The molecule has 0 fully saturated rings. The number of benzene rings is 3. The van der Waals surface area contributed by atoms with Crippen LogP contribution in [0.5, 0.6) is 0 Å². The Morgan fingerprint density at radius 1 is 0.781 bits per heavy atom. The Morgan fingerprint density at radius 3 is 1.53 bits per heavy atom. The number of para-hydroxylation sites is 2. The SMILES string of the molecule is C=CCN(c1ccccc1)c1cc(C(N)=O)c(C(=O)O)cc1N(CC=C)c1ccccc1. The molecule has 0 aliphatic carbocycles. The van der Waals surface area contributed by atoms with E-state index >= 15 is 0 Å². The fraction of sp³-hybridized carbons (Fsp3) is 0.0769. The Bertz CT molecular complexity index is 1040. The standard InChI is InChI=1S/C26H25N3O3/c1-3-15-28(19-11-7-5-8-12-19)23-17-21(25(27)30)22(26(31)32)18-24(23)29(16-4-2)20-13-9-6-10-14-20/h3-14,17-18H,1-2,15-16H2,(H2,27,30)(H,31,32). The third-order valence-corrected chi connectivity index (χ3v) is 4.95. The molecule has 3 aromatic carbocycles. The Kier molecular flexibility index (Phi) is 7.08. The van der Waals surface area contributed by atoms with Crippen LogP contribution < -0.4 is 15.5 Å². The predicted octanol–water partition coefficient (Wildman–Crippen LogP) is 5.13. The molecule has 0 aliphatic heterocycles. The molecule has 1 amide bonds. The van der Waals surface area contributed by atoms with Gasteiger partial charge >= 0.3 is 5.97 Å². The van der Waals surface area contributed by atoms with Gasteiger partial charge in [0.15, 0.2) is 0 Å². The van der Waals surface area contributed by atoms with Crippen molar-refractivity contribution in [3.05, 3.63) is 109 Å². The maximum absolute atomic E-state index is 12.2. The second-order valence-electron chi connectivity index (χ2n) is 7.03. The van der Waals surface area contributed by atoms with Crippen molar-refractivity contribution in [3.8, 4) is 0 Å². The summed E-state index contributed by atoms with van der Waals surface area (Å²) in [5.41, 5.74) is 8.27. The van der Waals surface area contributed by atoms with Crippen LogP contribution in [0, 0.1) is 0 Å². The predicted molar refractivity (Wildman–Crippen MR) is 129 cm³/mol. The Morgan fingerprint density at radius 2 is 1.19 bits per heavy atom. The number of aromatic carboxylic acids is 1. The Hall–Kier alpha value is -4.32. The number of hydrogen-bond acceptors (Lipinski definition) is 4. The van der Waals surface area contributed by atoms with Crippen molar-refractivity contribution in [2.45, 2.75) is 0 Å². The highest BCUT2D eigenvalue weighted by Crippen LogP contribution is 2.40. The topological polar surface area (TPSA) is 86.9 Å². The highest BCUT2D eigenvalue weighted by atomic mass is 16.4. The van der Waals surface area contributed by atoms with Gasteiger partial charge in [-0.3, -0.25) is 4.79 Å². The van der Waals surface area contributed by atoms with Gasteiger partial charge < -0.3 is 20.6 Å². The molecule has 3 rings (SSSR count). The van der Waals surface area contributed by atoms with Crippen molar-refractivity contribution in [2.75, 3.05) is 22.9 Å². The first-order chi connectivity index (χ1) is 15.5. The minimum atomic E-state index is -1.23. The highest BCUT2D eigenvalue weighted by molar-refractivity contribution is 6.07. The summed E-state index contributed by atoms with van der Waals surface area (Å²) in [6.07, 6.45) is 3.48. The van der Waals surface area contributed by atoms with E-state index < -0.39 is 11.9 Å². The summed E-state index contributed by atoms with van der Waals surface area (Å²) < 4.78 is 0. The highest BCUT2D eigenvalue weighted by Gasteiger charge is 2.25. The number of carboxylic acid groups (broad SMARTS) is 1. The van der Waals surface area contributed by atoms with Gasteiger partial charge in [-0.2, -0.15) is 0 Å². The van der Waals surface area contributed by atoms with Crippen molar-refractivity contribution in [2.24, 2.45) is 5.73 Å². The van der Waals surface area contributed by atoms with Gasteiger partial charge in [-0.25, -0.2) is 4.79 Å². The normalized spacial score (nSPS) is 10.2. The van der Waals surface area contributed by atoms with Crippen molar-refractivity contribution < 1.29 is 14.7 Å². The molecule has 162 valence electrons. The molecule has 3 N–H and O–H groups in total. The van der Waals surface area contributed by atoms with Crippen molar-refractivity contribution in [1.29, 1.82) is 0 Å². The molecule has 0 saturated carbocycles. The second-order valence-corrected chi connectivity index (χ2v) is 7.03. The lowest BCUT2D eigenvalue weighted by molar-refractivity contribution is 0.0692. The molecule has 0 unspecified atom stereocenters. The number of nitrogens with two attached hydrogens (primary N) is 1. The minimum Gasteiger partial charge on any atom is -0.478 e. The molecule has 0 atom stereocenters. The van der Waals surface area contributed by atoms with E-state index in [1.54, 1.807) is 12.2 Å². The van der Waals surface area contributed by atoms with Gasteiger partial charge in [0, 0.05) is 24.5 Å². The summed E-state index contributed by atoms with van der Waals surface area (Å²) in [7, 11) is 0. The average molecular weight is 428 g/mol. The molecular formula is C26H25N3O3. The number of carbonyl (C=O) groups excluding carboxylic acids is 1. The Balaban J connectivity index is 2.36. The number of anilines is 4. The fourth-order valence-corrected chi connectivity index (χ4v) is 3.55. The van der Waals surface area contributed by atoms with E-state index in [-0.39, 0.29) is 11.1 Å². The maximum Gasteiger partial charge on any atom is 0.336 e. The summed E-state index contributed by atoms with van der Waals surface area (Å²) >= 11 is 0. The lowest BCUT2D eigenvalue weighted by Gasteiger charge is -2.32. The number of primary amides is 1. The summed E-state index contributed by atoms with van der Waals surface area (Å²) in [6, 6.07) is 22.2. The van der Waals surface area contributed by atoms with Crippen LogP contribution in [-0.4, -0.2) is 30.1 Å². The number of rotatable bonds is 10. The third-order valence-electron chi connectivity index (χ3n) is 4.95. The van der Waals surface area contributed by atoms with Gasteiger partial charge in [-0.05, 0) is 36.4 Å². The first-order valence-corrected chi connectivity index (χ1v) is 10.1. The van der Waals surface area contributed by atoms with E-state index in [2.05, 4.69) is 13.2 Å². The number of carbonyl (C=O) groups is 2. The molecular weight excluding hydrogens is 402 g/mol. The van der Waals surface area contributed by atoms with E-state index in [4.69, 9.17) is 5.73 Å². The number of amides is 1. The molecule has 6 nitrogen and oxygen atoms in total. The number of carboxylic acids is 1. The summed E-state index contributed by atoms with van der Waals surface area (Å²) in [5.74, 6) is -2.04. The molecule has 0 aromatic heterocycles. The Labute approximate surface area is 187 Å². The van der Waals surface area contributed by atoms with Gasteiger partial charge in [-0.15, -0.1) is 13.2 Å². The number of hydrogen-bond donors (Lipinski definition) is 2. The monoisotopic (exact) mass is 427 g/mol. The summed E-state index contributed by atoms with van der Waals surface area (Å²) in [6.45, 7) is 8.58. The van der Waals surface area contributed by atoms with Crippen LogP contribution in [0.15, 0.2) is 98.1 Å². The van der Waals surface area contributed by atoms with Crippen LogP contribution in [0.1, 0.15) is 20.7 Å². The molecule has 0 radical (unpaired) electrons. The molecule has 0 spiro atoms. The molecule has 3 aromatic rings. The third kappa shape index (κ3) is 4.70. The summed E-state index contributed by atoms with van der Waals surface area (Å²) in [5, 5.41) is 9.79. The molecule has 32 heavy (non-hydrogen) atoms. The lowest BCUT2D eigenvalue weighted by atomic mass is 10.0. The van der Waals surface area contributed by atoms with Crippen LogP contribution in [0.25, 0.3) is 0 Å². The van der Waals surface area contributed by atoms with Crippen molar-refractivity contribution in [1.82, 2.24) is 0 Å². The lowest BCUT2D eigenvalue weighted by Crippen LogP contribution is -2.26. The van der Waals surface area contributed by atoms with E-state index in [9.17, 15) is 14.7 Å². The largest absolute Gasteiger partial charge is 0.478 e. The average Bonchev–Trinajstić information content (AvgIpc) is 2.81. The van der Waals surface area contributed by atoms with E-state index in [0.717, 1.165) is 11.4 Å². The molecule has 6 heteroatoms. The summed E-state index contributed by atoms with van der Waals surface area (Å²) in [4.78, 5) is 28.1. The van der Waals surface area contributed by atoms with Gasteiger partial charge in [0.25, 0.3) is 0 Å². The zero-order chi connectivity index (χ0) is 23.1. The van der Waals surface area contributed by atoms with E-state index in [0.29, 0.717) is 24.5 Å². The molecule has 0 heterocycles. The molecule has 0 aliphatic rings. The van der Waals surface area contributed by atoms with Crippen molar-refractivity contribution >= 4 is 34.6 Å². The van der Waals surface area contributed by atoms with Gasteiger partial charge in [0.2, 0.25) is 5.91 Å². The van der Waals surface area contributed by atoms with Crippen LogP contribution in [0.3, 0.4) is 0 Å². The molecule has 0 bridgehead atoms. The van der Waals surface area contributed by atoms with Crippen LogP contribution >= 0.6 is 0 Å². The van der Waals surface area contributed by atoms with Crippen LogP contribution in [0.4, 0.5) is 22.7 Å². The van der Waals surface area contributed by atoms with Gasteiger partial charge in [0.05, 0.1) is 22.5 Å². The second kappa shape index (κ2) is 10.1. The first kappa shape index (κ1) is 22.4. The van der Waals surface area contributed by atoms with E-state index in [1.807, 2.05) is 70.5 Å². The van der Waals surface area contributed by atoms with Crippen molar-refractivity contribution in [3.63, 3.8) is 0 Å². The van der Waals surface area contributed by atoms with E-state index in [1.165, 1.54) is 12.1 Å². The van der Waals surface area contributed by atoms with Gasteiger partial charge in [-0.1, -0.05) is 48.6 Å². The quantitative estimate of drug-likeness (QED) is 0.438.